The van der Waals surface area contributed by atoms with Crippen molar-refractivity contribution in [2.24, 2.45) is 0 Å². The van der Waals surface area contributed by atoms with E-state index in [4.69, 9.17) is 16.3 Å². The van der Waals surface area contributed by atoms with Gasteiger partial charge in [-0.3, -0.25) is 9.59 Å². The first-order valence-electron chi connectivity index (χ1n) is 8.21. The lowest BCUT2D eigenvalue weighted by atomic mass is 10.0. The van der Waals surface area contributed by atoms with Gasteiger partial charge in [-0.25, -0.2) is 0 Å². The maximum Gasteiger partial charge on any atom is 0.573 e. The molecule has 0 unspecified atom stereocenters. The van der Waals surface area contributed by atoms with Gasteiger partial charge in [-0.15, -0.1) is 13.2 Å². The summed E-state index contributed by atoms with van der Waals surface area (Å²) < 4.78 is 45.8. The Bertz CT molecular complexity index is 1170. The fourth-order valence-corrected chi connectivity index (χ4v) is 2.86. The highest BCUT2D eigenvalue weighted by Gasteiger charge is 2.31. The molecule has 0 fully saturated rings. The van der Waals surface area contributed by atoms with Gasteiger partial charge >= 0.3 is 6.36 Å². The Morgan fingerprint density at radius 3 is 2.21 bits per heavy atom. The molecule has 0 aliphatic heterocycles. The standard InChI is InChI=1S/C19H14ClF3N2O4/c1-9-16(18(27)17(20)10(2)25-9)13-8-24-15(7-14(13)26)28-11-3-5-12(6-4-11)29-19(21,22)23/h3-8H,1-2H3,(H,24,26)(H,25,27). The summed E-state index contributed by atoms with van der Waals surface area (Å²) in [4.78, 5) is 30.6. The van der Waals surface area contributed by atoms with Crippen molar-refractivity contribution >= 4 is 11.6 Å². The molecule has 0 radical (unpaired) electrons. The summed E-state index contributed by atoms with van der Waals surface area (Å²) in [5, 5.41) is -0.00788. The van der Waals surface area contributed by atoms with E-state index in [2.05, 4.69) is 14.7 Å². The van der Waals surface area contributed by atoms with E-state index in [1.54, 1.807) is 13.8 Å². The van der Waals surface area contributed by atoms with Crippen LogP contribution in [0.3, 0.4) is 0 Å². The summed E-state index contributed by atoms with van der Waals surface area (Å²) in [5.74, 6) is -0.189. The average molecular weight is 427 g/mol. The number of hydrogen-bond acceptors (Lipinski definition) is 4. The van der Waals surface area contributed by atoms with Crippen LogP contribution in [-0.4, -0.2) is 16.3 Å². The first kappa shape index (κ1) is 20.5. The van der Waals surface area contributed by atoms with Crippen molar-refractivity contribution in [2.75, 3.05) is 0 Å². The second kappa shape index (κ2) is 7.67. The van der Waals surface area contributed by atoms with Crippen LogP contribution in [0.25, 0.3) is 11.1 Å². The van der Waals surface area contributed by atoms with Gasteiger partial charge in [0.15, 0.2) is 5.43 Å². The van der Waals surface area contributed by atoms with Crippen LogP contribution >= 0.6 is 11.6 Å². The first-order chi connectivity index (χ1) is 13.5. The average Bonchev–Trinajstić information content (AvgIpc) is 2.62. The van der Waals surface area contributed by atoms with Gasteiger partial charge in [0, 0.05) is 23.7 Å². The lowest BCUT2D eigenvalue weighted by Gasteiger charge is -2.11. The number of aromatic amines is 2. The Balaban J connectivity index is 1.87. The van der Waals surface area contributed by atoms with E-state index < -0.39 is 23.0 Å². The third kappa shape index (κ3) is 4.62. The molecule has 29 heavy (non-hydrogen) atoms. The Morgan fingerprint density at radius 1 is 1.00 bits per heavy atom. The predicted octanol–water partition coefficient (Wildman–Crippen LogP) is 4.69. The highest BCUT2D eigenvalue weighted by molar-refractivity contribution is 6.31. The monoisotopic (exact) mass is 426 g/mol. The fourth-order valence-electron chi connectivity index (χ4n) is 2.72. The topological polar surface area (TPSA) is 84.2 Å². The number of hydrogen-bond donors (Lipinski definition) is 2. The zero-order chi connectivity index (χ0) is 21.3. The molecule has 1 aromatic carbocycles. The number of H-pyrrole nitrogens is 2. The lowest BCUT2D eigenvalue weighted by Crippen LogP contribution is -2.17. The van der Waals surface area contributed by atoms with Gasteiger partial charge in [0.25, 0.3) is 0 Å². The lowest BCUT2D eigenvalue weighted by molar-refractivity contribution is -0.274. The van der Waals surface area contributed by atoms with Crippen LogP contribution in [0.5, 0.6) is 17.4 Å². The molecule has 0 atom stereocenters. The van der Waals surface area contributed by atoms with Crippen LogP contribution in [-0.2, 0) is 0 Å². The van der Waals surface area contributed by atoms with Gasteiger partial charge in [-0.2, -0.15) is 0 Å². The summed E-state index contributed by atoms with van der Waals surface area (Å²) in [7, 11) is 0. The number of nitrogens with one attached hydrogen (secondary N) is 2. The molecule has 0 bridgehead atoms. The predicted molar refractivity (Wildman–Crippen MR) is 101 cm³/mol. The van der Waals surface area contributed by atoms with Crippen LogP contribution in [0, 0.1) is 13.8 Å². The van der Waals surface area contributed by atoms with Gasteiger partial charge in [0.2, 0.25) is 11.3 Å². The molecule has 0 aliphatic rings. The molecule has 0 spiro atoms. The van der Waals surface area contributed by atoms with Crippen LogP contribution in [0.1, 0.15) is 11.4 Å². The van der Waals surface area contributed by atoms with Gasteiger partial charge < -0.3 is 19.4 Å². The minimum Gasteiger partial charge on any atom is -0.441 e. The summed E-state index contributed by atoms with van der Waals surface area (Å²) in [6.45, 7) is 3.29. The summed E-state index contributed by atoms with van der Waals surface area (Å²) in [6, 6.07) is 5.78. The Hall–Kier alpha value is -3.20. The van der Waals surface area contributed by atoms with E-state index in [1.165, 1.54) is 18.3 Å². The van der Waals surface area contributed by atoms with E-state index in [9.17, 15) is 22.8 Å². The Labute approximate surface area is 166 Å². The third-order valence-electron chi connectivity index (χ3n) is 3.95. The van der Waals surface area contributed by atoms with E-state index in [0.29, 0.717) is 11.4 Å². The molecular formula is C19H14ClF3N2O4. The number of benzene rings is 1. The summed E-state index contributed by atoms with van der Waals surface area (Å²) in [5.41, 5.74) is 0.252. The SMILES string of the molecule is Cc1[nH]c(C)c(-c2c[nH]c(Oc3ccc(OC(F)(F)F)cc3)cc2=O)c(=O)c1Cl. The quantitative estimate of drug-likeness (QED) is 0.633. The third-order valence-corrected chi connectivity index (χ3v) is 4.40. The zero-order valence-corrected chi connectivity index (χ0v) is 15.9. The molecule has 10 heteroatoms. The van der Waals surface area contributed by atoms with Crippen LogP contribution < -0.4 is 20.3 Å². The number of aromatic nitrogens is 2. The Morgan fingerprint density at radius 2 is 1.62 bits per heavy atom. The highest BCUT2D eigenvalue weighted by atomic mass is 35.5. The molecule has 3 aromatic rings. The van der Waals surface area contributed by atoms with Crippen LogP contribution in [0.15, 0.2) is 46.1 Å². The zero-order valence-electron chi connectivity index (χ0n) is 15.1. The van der Waals surface area contributed by atoms with Crippen molar-refractivity contribution in [1.82, 2.24) is 9.97 Å². The van der Waals surface area contributed by atoms with Crippen molar-refractivity contribution in [3.05, 3.63) is 73.4 Å². The van der Waals surface area contributed by atoms with Crippen molar-refractivity contribution in [3.63, 3.8) is 0 Å². The molecule has 2 N–H and O–H groups in total. The van der Waals surface area contributed by atoms with Gasteiger partial charge in [-0.05, 0) is 38.1 Å². The smallest absolute Gasteiger partial charge is 0.441 e. The maximum atomic E-state index is 12.5. The molecule has 0 aliphatic carbocycles. The number of aryl methyl sites for hydroxylation is 2. The maximum absolute atomic E-state index is 12.5. The van der Waals surface area contributed by atoms with E-state index in [1.807, 2.05) is 0 Å². The van der Waals surface area contributed by atoms with E-state index in [-0.39, 0.29) is 27.8 Å². The molecule has 2 heterocycles. The van der Waals surface area contributed by atoms with Gasteiger partial charge in [-0.1, -0.05) is 11.6 Å². The first-order valence-corrected chi connectivity index (χ1v) is 8.58. The molecule has 6 nitrogen and oxygen atoms in total. The van der Waals surface area contributed by atoms with Gasteiger partial charge in [0.1, 0.15) is 16.5 Å². The van der Waals surface area contributed by atoms with Crippen molar-refractivity contribution in [3.8, 4) is 28.5 Å². The molecule has 152 valence electrons. The largest absolute Gasteiger partial charge is 0.573 e. The second-order valence-corrected chi connectivity index (χ2v) is 6.47. The van der Waals surface area contributed by atoms with Crippen LogP contribution in [0.4, 0.5) is 13.2 Å². The van der Waals surface area contributed by atoms with Gasteiger partial charge in [0.05, 0.1) is 11.1 Å². The minimum absolute atomic E-state index is 0.00788. The van der Waals surface area contributed by atoms with Crippen molar-refractivity contribution in [2.45, 2.75) is 20.2 Å². The highest BCUT2D eigenvalue weighted by Crippen LogP contribution is 2.27. The molecule has 0 saturated carbocycles. The second-order valence-electron chi connectivity index (χ2n) is 6.09. The normalized spacial score (nSPS) is 11.4. The summed E-state index contributed by atoms with van der Waals surface area (Å²) >= 11 is 5.99. The molecule has 3 rings (SSSR count). The molecule has 0 saturated heterocycles. The molecule has 2 aromatic heterocycles. The van der Waals surface area contributed by atoms with E-state index in [0.717, 1.165) is 18.2 Å². The number of halogens is 4. The number of alkyl halides is 3. The molecular weight excluding hydrogens is 413 g/mol. The van der Waals surface area contributed by atoms with E-state index >= 15 is 0 Å². The van der Waals surface area contributed by atoms with Crippen molar-refractivity contribution < 1.29 is 22.6 Å². The fraction of sp³-hybridized carbons (Fsp3) is 0.158. The number of rotatable bonds is 4. The van der Waals surface area contributed by atoms with Crippen LogP contribution in [0.2, 0.25) is 5.02 Å². The number of pyridine rings is 2. The molecule has 0 amide bonds. The Kier molecular flexibility index (Phi) is 5.43. The summed E-state index contributed by atoms with van der Waals surface area (Å²) in [6.07, 6.45) is -3.49. The number of ether oxygens (including phenoxy) is 2. The minimum atomic E-state index is -4.79. The van der Waals surface area contributed by atoms with Crippen molar-refractivity contribution in [1.29, 1.82) is 0 Å².